The Balaban J connectivity index is 1.51. The van der Waals surface area contributed by atoms with Crippen LogP contribution in [0.3, 0.4) is 0 Å². The van der Waals surface area contributed by atoms with E-state index in [2.05, 4.69) is 30.3 Å². The maximum absolute atomic E-state index is 14.4. The Morgan fingerprint density at radius 2 is 1.98 bits per heavy atom. The van der Waals surface area contributed by atoms with Crippen LogP contribution in [0.2, 0.25) is 0 Å². The molecule has 0 radical (unpaired) electrons. The molecule has 0 spiro atoms. The summed E-state index contributed by atoms with van der Waals surface area (Å²) in [5, 5.41) is 11.9. The molecule has 0 amide bonds. The van der Waals surface area contributed by atoms with Crippen molar-refractivity contribution in [2.45, 2.75) is 38.3 Å². The topological polar surface area (TPSA) is 109 Å². The van der Waals surface area contributed by atoms with Crippen LogP contribution in [0.1, 0.15) is 49.1 Å². The largest absolute Gasteiger partial charge is 0.494 e. The molecule has 6 rings (SSSR count). The number of nitrogens with one attached hydrogen (secondary N) is 1. The third kappa shape index (κ3) is 5.24. The Hall–Kier alpha value is -4.96. The maximum Gasteiger partial charge on any atom is 0.295 e. The Labute approximate surface area is 240 Å². The van der Waals surface area contributed by atoms with E-state index >= 15 is 0 Å². The highest BCUT2D eigenvalue weighted by atomic mass is 19.3. The molecule has 1 atom stereocenters. The van der Waals surface area contributed by atoms with Crippen LogP contribution in [0.15, 0.2) is 48.7 Å². The molecule has 1 aliphatic heterocycles. The fraction of sp³-hybridized carbons (Fsp3) is 0.310. The zero-order valence-electron chi connectivity index (χ0n) is 23.0. The number of hydrogen-bond donors (Lipinski definition) is 1. The number of benzene rings is 1. The summed E-state index contributed by atoms with van der Waals surface area (Å²) in [4.78, 5) is 18.4. The summed E-state index contributed by atoms with van der Waals surface area (Å²) >= 11 is 0. The van der Waals surface area contributed by atoms with E-state index < -0.39 is 18.5 Å². The van der Waals surface area contributed by atoms with E-state index in [9.17, 15) is 8.78 Å². The van der Waals surface area contributed by atoms with Gasteiger partial charge >= 0.3 is 0 Å². The number of aromatic nitrogens is 7. The Kier molecular flexibility index (Phi) is 7.45. The molecule has 1 N–H and O–H groups in total. The Morgan fingerprint density at radius 3 is 2.69 bits per heavy atom. The summed E-state index contributed by atoms with van der Waals surface area (Å²) in [7, 11) is 3.27. The van der Waals surface area contributed by atoms with Crippen molar-refractivity contribution in [1.29, 1.82) is 0 Å². The molecule has 214 valence electrons. The second-order valence-corrected chi connectivity index (χ2v) is 9.80. The predicted octanol–water partition coefficient (Wildman–Crippen LogP) is 6.15. The van der Waals surface area contributed by atoms with Crippen LogP contribution in [0.25, 0.3) is 27.3 Å². The molecule has 1 unspecified atom stereocenters. The molecule has 13 heteroatoms. The molecule has 5 aromatic rings. The first-order valence-corrected chi connectivity index (χ1v) is 13.4. The number of ether oxygens (including phenoxy) is 2. The zero-order valence-corrected chi connectivity index (χ0v) is 23.0. The summed E-state index contributed by atoms with van der Waals surface area (Å²) in [6, 6.07) is 12.5. The molecule has 0 aliphatic carbocycles. The van der Waals surface area contributed by atoms with E-state index in [1.54, 1.807) is 44.6 Å². The molecular formula is C29H27F2N9O2. The van der Waals surface area contributed by atoms with E-state index in [4.69, 9.17) is 21.0 Å². The third-order valence-corrected chi connectivity index (χ3v) is 7.00. The molecule has 1 aliphatic rings. The lowest BCUT2D eigenvalue weighted by Crippen LogP contribution is -2.20. The Morgan fingerprint density at radius 1 is 1.12 bits per heavy atom. The molecule has 5 heterocycles. The lowest BCUT2D eigenvalue weighted by molar-refractivity contribution is -0.0363. The molecule has 0 saturated carbocycles. The molecule has 4 aromatic heterocycles. The van der Waals surface area contributed by atoms with Crippen molar-refractivity contribution in [2.75, 3.05) is 19.0 Å². The van der Waals surface area contributed by atoms with Gasteiger partial charge in [-0.25, -0.2) is 18.7 Å². The van der Waals surface area contributed by atoms with Gasteiger partial charge in [0.2, 0.25) is 0 Å². The van der Waals surface area contributed by atoms with Gasteiger partial charge in [0.25, 0.3) is 12.2 Å². The molecule has 1 aromatic carbocycles. The fourth-order valence-electron chi connectivity index (χ4n) is 5.17. The fourth-order valence-corrected chi connectivity index (χ4v) is 5.17. The number of nitrogens with zero attached hydrogens (tertiary/aromatic N) is 8. The molecule has 0 bridgehead atoms. The number of fused-ring (bicyclic) bond motifs is 1. The van der Waals surface area contributed by atoms with Gasteiger partial charge in [0.05, 0.1) is 36.8 Å². The first kappa shape index (κ1) is 27.2. The van der Waals surface area contributed by atoms with E-state index in [1.807, 2.05) is 18.2 Å². The minimum atomic E-state index is -2.84. The van der Waals surface area contributed by atoms with Gasteiger partial charge in [-0.15, -0.1) is 4.98 Å². The number of rotatable bonds is 8. The second-order valence-electron chi connectivity index (χ2n) is 9.80. The van der Waals surface area contributed by atoms with Crippen LogP contribution >= 0.6 is 0 Å². The number of methoxy groups -OCH3 is 1. The van der Waals surface area contributed by atoms with Crippen LogP contribution in [0, 0.1) is 6.57 Å². The Bertz CT molecular complexity index is 1790. The zero-order chi connectivity index (χ0) is 29.2. The van der Waals surface area contributed by atoms with Crippen LogP contribution in [-0.4, -0.2) is 48.2 Å². The first-order chi connectivity index (χ1) is 20.4. The number of pyridine rings is 2. The summed E-state index contributed by atoms with van der Waals surface area (Å²) in [6.45, 7) is 7.78. The minimum absolute atomic E-state index is 0.262. The van der Waals surface area contributed by atoms with E-state index in [-0.39, 0.29) is 23.4 Å². The number of hydrogen-bond acceptors (Lipinski definition) is 8. The minimum Gasteiger partial charge on any atom is -0.494 e. The number of halogens is 2. The van der Waals surface area contributed by atoms with Crippen LogP contribution in [0.4, 0.5) is 26.0 Å². The summed E-state index contributed by atoms with van der Waals surface area (Å²) in [5.41, 5.74) is 4.09. The molecule has 42 heavy (non-hydrogen) atoms. The number of para-hydroxylation sites is 1. The summed E-state index contributed by atoms with van der Waals surface area (Å²) in [5.74, 6) is 0.358. The number of aryl methyl sites for hydroxylation is 1. The van der Waals surface area contributed by atoms with Crippen molar-refractivity contribution in [3.63, 3.8) is 0 Å². The monoisotopic (exact) mass is 571 g/mol. The van der Waals surface area contributed by atoms with Gasteiger partial charge in [-0.05, 0) is 49.6 Å². The van der Waals surface area contributed by atoms with Crippen molar-refractivity contribution in [1.82, 2.24) is 34.5 Å². The lowest BCUT2D eigenvalue weighted by Gasteiger charge is -2.25. The van der Waals surface area contributed by atoms with Gasteiger partial charge in [0.1, 0.15) is 23.1 Å². The average Bonchev–Trinajstić information content (AvgIpc) is 3.61. The van der Waals surface area contributed by atoms with Gasteiger partial charge in [-0.3, -0.25) is 4.57 Å². The van der Waals surface area contributed by atoms with Crippen LogP contribution < -0.4 is 10.1 Å². The predicted molar refractivity (Wildman–Crippen MR) is 151 cm³/mol. The number of imidazole rings is 1. The van der Waals surface area contributed by atoms with E-state index in [0.29, 0.717) is 52.8 Å². The normalized spacial score (nSPS) is 15.2. The van der Waals surface area contributed by atoms with Gasteiger partial charge in [-0.2, -0.15) is 15.0 Å². The standard InChI is InChI=1S/C29H27F2N9O2/c1-32-23-11-6-8-17(34-23)14-18-15-21(36-20-10-7-9-19(26(20)41-3)22-16-33-39(2)38-22)25-28(35-18)40(29(37-25)27(30)31)24-12-4-5-13-42-24/h6-11,15-16,24,27H,4-5,12-14H2,2-3H3,(H,35,36). The van der Waals surface area contributed by atoms with Gasteiger partial charge in [0, 0.05) is 19.2 Å². The SMILES string of the molecule is [C-]#[N+]c1cccc(Cc2cc(Nc3cccc(-c4cnn(C)n4)c3OC)c3nc(C(F)F)n(C4CCCCO4)c3n2)n1. The van der Waals surface area contributed by atoms with Crippen molar-refractivity contribution in [3.8, 4) is 17.0 Å². The molecule has 1 saturated heterocycles. The summed E-state index contributed by atoms with van der Waals surface area (Å²) in [6.07, 6.45) is 0.735. The van der Waals surface area contributed by atoms with Gasteiger partial charge in [0.15, 0.2) is 17.2 Å². The van der Waals surface area contributed by atoms with Crippen LogP contribution in [0.5, 0.6) is 5.75 Å². The van der Waals surface area contributed by atoms with Crippen LogP contribution in [-0.2, 0) is 18.2 Å². The second kappa shape index (κ2) is 11.5. The van der Waals surface area contributed by atoms with Crippen molar-refractivity contribution >= 4 is 28.4 Å². The van der Waals surface area contributed by atoms with Crippen molar-refractivity contribution in [3.05, 3.63) is 77.3 Å². The highest BCUT2D eigenvalue weighted by molar-refractivity contribution is 5.91. The smallest absolute Gasteiger partial charge is 0.295 e. The van der Waals surface area contributed by atoms with Crippen molar-refractivity contribution < 1.29 is 18.3 Å². The quantitative estimate of drug-likeness (QED) is 0.221. The highest BCUT2D eigenvalue weighted by Gasteiger charge is 2.29. The highest BCUT2D eigenvalue weighted by Crippen LogP contribution is 2.40. The number of anilines is 2. The lowest BCUT2D eigenvalue weighted by atomic mass is 10.1. The van der Waals surface area contributed by atoms with E-state index in [0.717, 1.165) is 12.8 Å². The van der Waals surface area contributed by atoms with Crippen molar-refractivity contribution in [2.24, 2.45) is 7.05 Å². The first-order valence-electron chi connectivity index (χ1n) is 13.4. The van der Waals surface area contributed by atoms with Gasteiger partial charge in [-0.1, -0.05) is 18.7 Å². The molecule has 11 nitrogen and oxygen atoms in total. The maximum atomic E-state index is 14.4. The average molecular weight is 572 g/mol. The molecular weight excluding hydrogens is 544 g/mol. The number of alkyl halides is 2. The van der Waals surface area contributed by atoms with E-state index in [1.165, 1.54) is 9.36 Å². The van der Waals surface area contributed by atoms with Gasteiger partial charge < -0.3 is 19.6 Å². The molecule has 1 fully saturated rings. The summed E-state index contributed by atoms with van der Waals surface area (Å²) < 4.78 is 41.9. The third-order valence-electron chi connectivity index (χ3n) is 7.00.